The molecule has 100 valence electrons. The first kappa shape index (κ1) is 12.8. The van der Waals surface area contributed by atoms with E-state index in [2.05, 4.69) is 10.8 Å². The van der Waals surface area contributed by atoms with Gasteiger partial charge in [-0.15, -0.1) is 11.3 Å². The van der Waals surface area contributed by atoms with Crippen LogP contribution in [-0.2, 0) is 16.4 Å². The van der Waals surface area contributed by atoms with E-state index in [1.54, 1.807) is 17.5 Å². The maximum Gasteiger partial charge on any atom is 0.250 e. The molecule has 0 radical (unpaired) electrons. The summed E-state index contributed by atoms with van der Waals surface area (Å²) in [7, 11) is -3.39. The predicted octanol–water partition coefficient (Wildman–Crippen LogP) is 3.10. The SMILES string of the molecule is O=S(=O)(N[C@@H]1CCCc2ccccc21)c1cccs1. The highest BCUT2D eigenvalue weighted by molar-refractivity contribution is 7.91. The van der Waals surface area contributed by atoms with Crippen molar-refractivity contribution in [1.82, 2.24) is 4.72 Å². The molecule has 1 aromatic carbocycles. The third kappa shape index (κ3) is 2.59. The molecule has 0 saturated heterocycles. The van der Waals surface area contributed by atoms with Crippen LogP contribution in [0.3, 0.4) is 0 Å². The zero-order valence-corrected chi connectivity index (χ0v) is 12.0. The normalized spacial score (nSPS) is 19.1. The van der Waals surface area contributed by atoms with Crippen LogP contribution in [0.4, 0.5) is 0 Å². The van der Waals surface area contributed by atoms with Gasteiger partial charge in [0.15, 0.2) is 0 Å². The summed E-state index contributed by atoms with van der Waals surface area (Å²) in [5.74, 6) is 0. The second-order valence-corrected chi connectivity index (χ2v) is 7.59. The zero-order valence-electron chi connectivity index (χ0n) is 10.4. The van der Waals surface area contributed by atoms with Crippen LogP contribution in [-0.4, -0.2) is 8.42 Å². The highest BCUT2D eigenvalue weighted by Gasteiger charge is 2.25. The number of aryl methyl sites for hydroxylation is 1. The molecule has 3 rings (SSSR count). The molecule has 1 heterocycles. The van der Waals surface area contributed by atoms with Gasteiger partial charge in [-0.25, -0.2) is 13.1 Å². The Hall–Kier alpha value is -1.17. The van der Waals surface area contributed by atoms with Crippen molar-refractivity contribution in [2.45, 2.75) is 29.5 Å². The fraction of sp³-hybridized carbons (Fsp3) is 0.286. The van der Waals surface area contributed by atoms with E-state index in [0.29, 0.717) is 4.21 Å². The zero-order chi connectivity index (χ0) is 13.3. The molecule has 1 atom stereocenters. The molecular weight excluding hydrogens is 278 g/mol. The Morgan fingerprint density at radius 2 is 2.00 bits per heavy atom. The number of fused-ring (bicyclic) bond motifs is 1. The average molecular weight is 293 g/mol. The summed E-state index contributed by atoms with van der Waals surface area (Å²) >= 11 is 1.25. The van der Waals surface area contributed by atoms with E-state index in [1.165, 1.54) is 16.9 Å². The molecule has 0 bridgehead atoms. The van der Waals surface area contributed by atoms with E-state index >= 15 is 0 Å². The molecule has 19 heavy (non-hydrogen) atoms. The minimum absolute atomic E-state index is 0.1000. The van der Waals surface area contributed by atoms with Gasteiger partial charge < -0.3 is 0 Å². The van der Waals surface area contributed by atoms with E-state index in [4.69, 9.17) is 0 Å². The van der Waals surface area contributed by atoms with E-state index in [1.807, 2.05) is 18.2 Å². The molecule has 1 aliphatic rings. The van der Waals surface area contributed by atoms with Gasteiger partial charge in [-0.1, -0.05) is 30.3 Å². The van der Waals surface area contributed by atoms with Gasteiger partial charge in [-0.2, -0.15) is 0 Å². The Kier molecular flexibility index (Phi) is 3.43. The second-order valence-electron chi connectivity index (χ2n) is 4.70. The Balaban J connectivity index is 1.90. The third-order valence-electron chi connectivity index (χ3n) is 3.43. The average Bonchev–Trinajstić information content (AvgIpc) is 2.93. The fourth-order valence-corrected chi connectivity index (χ4v) is 4.80. The second kappa shape index (κ2) is 5.07. The molecule has 0 saturated carbocycles. The Labute approximate surface area is 117 Å². The molecule has 3 nitrogen and oxygen atoms in total. The summed E-state index contributed by atoms with van der Waals surface area (Å²) in [6, 6.07) is 11.4. The van der Waals surface area contributed by atoms with Crippen molar-refractivity contribution in [2.24, 2.45) is 0 Å². The molecule has 0 amide bonds. The lowest BCUT2D eigenvalue weighted by atomic mass is 9.88. The van der Waals surface area contributed by atoms with Gasteiger partial charge in [-0.05, 0) is 41.8 Å². The van der Waals surface area contributed by atoms with Crippen molar-refractivity contribution in [3.8, 4) is 0 Å². The first-order valence-corrected chi connectivity index (χ1v) is 8.67. The lowest BCUT2D eigenvalue weighted by Gasteiger charge is -2.25. The van der Waals surface area contributed by atoms with E-state index in [-0.39, 0.29) is 6.04 Å². The van der Waals surface area contributed by atoms with Gasteiger partial charge in [0.05, 0.1) is 0 Å². The van der Waals surface area contributed by atoms with Crippen molar-refractivity contribution in [1.29, 1.82) is 0 Å². The summed E-state index contributed by atoms with van der Waals surface area (Å²) in [5.41, 5.74) is 2.38. The van der Waals surface area contributed by atoms with Crippen LogP contribution >= 0.6 is 11.3 Å². The van der Waals surface area contributed by atoms with E-state index < -0.39 is 10.0 Å². The molecule has 1 aromatic heterocycles. The first-order valence-electron chi connectivity index (χ1n) is 6.30. The molecular formula is C14H15NO2S2. The van der Waals surface area contributed by atoms with E-state index in [9.17, 15) is 8.42 Å². The molecule has 0 fully saturated rings. The molecule has 0 unspecified atom stereocenters. The number of sulfonamides is 1. The fourth-order valence-electron chi connectivity index (χ4n) is 2.54. The highest BCUT2D eigenvalue weighted by Crippen LogP contribution is 2.31. The van der Waals surface area contributed by atoms with Crippen LogP contribution < -0.4 is 4.72 Å². The summed E-state index contributed by atoms with van der Waals surface area (Å²) in [6.45, 7) is 0. The standard InChI is InChI=1S/C14H15NO2S2/c16-19(17,14-9-4-10-18-14)15-13-8-3-6-11-5-1-2-7-12(11)13/h1-2,4-5,7,9-10,13,15H,3,6,8H2/t13-/m1/s1. The maximum absolute atomic E-state index is 12.3. The number of benzene rings is 1. The topological polar surface area (TPSA) is 46.2 Å². The van der Waals surface area contributed by atoms with Crippen molar-refractivity contribution >= 4 is 21.4 Å². The molecule has 1 N–H and O–H groups in total. The third-order valence-corrected chi connectivity index (χ3v) is 6.30. The molecule has 2 aromatic rings. The van der Waals surface area contributed by atoms with Crippen LogP contribution in [0.2, 0.25) is 0 Å². The van der Waals surface area contributed by atoms with E-state index in [0.717, 1.165) is 24.8 Å². The number of hydrogen-bond donors (Lipinski definition) is 1. The van der Waals surface area contributed by atoms with Crippen LogP contribution in [0.1, 0.15) is 30.0 Å². The lowest BCUT2D eigenvalue weighted by Crippen LogP contribution is -2.30. The Bertz CT molecular complexity index is 663. The largest absolute Gasteiger partial charge is 0.250 e. The van der Waals surface area contributed by atoms with Crippen molar-refractivity contribution in [2.75, 3.05) is 0 Å². The van der Waals surface area contributed by atoms with Gasteiger partial charge in [-0.3, -0.25) is 0 Å². The first-order chi connectivity index (χ1) is 9.17. The lowest BCUT2D eigenvalue weighted by molar-refractivity contribution is 0.508. The van der Waals surface area contributed by atoms with Gasteiger partial charge in [0.1, 0.15) is 4.21 Å². The van der Waals surface area contributed by atoms with Crippen molar-refractivity contribution in [3.05, 3.63) is 52.9 Å². The van der Waals surface area contributed by atoms with Crippen LogP contribution in [0.15, 0.2) is 46.0 Å². The monoisotopic (exact) mass is 293 g/mol. The number of nitrogens with one attached hydrogen (secondary N) is 1. The van der Waals surface area contributed by atoms with Crippen molar-refractivity contribution in [3.63, 3.8) is 0 Å². The number of rotatable bonds is 3. The van der Waals surface area contributed by atoms with Crippen LogP contribution in [0, 0.1) is 0 Å². The summed E-state index contributed by atoms with van der Waals surface area (Å²) in [5, 5.41) is 1.78. The minimum atomic E-state index is -3.39. The minimum Gasteiger partial charge on any atom is -0.206 e. The van der Waals surface area contributed by atoms with Gasteiger partial charge in [0.2, 0.25) is 0 Å². The quantitative estimate of drug-likeness (QED) is 0.945. The van der Waals surface area contributed by atoms with Crippen LogP contribution in [0.25, 0.3) is 0 Å². The maximum atomic E-state index is 12.3. The number of hydrogen-bond acceptors (Lipinski definition) is 3. The Morgan fingerprint density at radius 1 is 1.16 bits per heavy atom. The summed E-state index contributed by atoms with van der Waals surface area (Å²) < 4.78 is 27.8. The smallest absolute Gasteiger partial charge is 0.206 e. The predicted molar refractivity (Wildman–Crippen MR) is 76.8 cm³/mol. The molecule has 0 spiro atoms. The van der Waals surface area contributed by atoms with Crippen molar-refractivity contribution < 1.29 is 8.42 Å². The number of thiophene rings is 1. The summed E-state index contributed by atoms with van der Waals surface area (Å²) in [6.07, 6.45) is 2.92. The van der Waals surface area contributed by atoms with Gasteiger partial charge >= 0.3 is 0 Å². The van der Waals surface area contributed by atoms with Gasteiger partial charge in [0.25, 0.3) is 10.0 Å². The molecule has 0 aliphatic heterocycles. The molecule has 1 aliphatic carbocycles. The Morgan fingerprint density at radius 3 is 2.79 bits per heavy atom. The summed E-state index contributed by atoms with van der Waals surface area (Å²) in [4.78, 5) is 0. The van der Waals surface area contributed by atoms with Gasteiger partial charge in [0, 0.05) is 6.04 Å². The highest BCUT2D eigenvalue weighted by atomic mass is 32.2. The molecule has 5 heteroatoms. The van der Waals surface area contributed by atoms with Crippen LogP contribution in [0.5, 0.6) is 0 Å².